The zero-order valence-electron chi connectivity index (χ0n) is 11.3. The van der Waals surface area contributed by atoms with E-state index in [0.717, 1.165) is 44.6 Å². The molecular weight excluding hydrogens is 230 g/mol. The van der Waals surface area contributed by atoms with Crippen LogP contribution in [0.1, 0.15) is 37.8 Å². The van der Waals surface area contributed by atoms with Crippen molar-refractivity contribution in [1.82, 2.24) is 5.32 Å². The van der Waals surface area contributed by atoms with Crippen LogP contribution in [0.4, 0.5) is 0 Å². The molecule has 2 rings (SSSR count). The molecule has 1 fully saturated rings. The number of ether oxygens (including phenoxy) is 2. The monoisotopic (exact) mass is 253 g/mol. The average molecular weight is 253 g/mol. The number of hydrogen-bond donors (Lipinski definition) is 1. The van der Waals surface area contributed by atoms with Gasteiger partial charge in [-0.25, -0.2) is 0 Å². The standard InChI is InChI=1S/C14H23NO3/c1-3-7-15-13(12-4-8-18-11-12)14(16-2)5-9-17-10-6-14/h4,8,11,13,15H,3,5-7,9-10H2,1-2H3. The first-order chi connectivity index (χ1) is 8.82. The summed E-state index contributed by atoms with van der Waals surface area (Å²) >= 11 is 0. The van der Waals surface area contributed by atoms with Crippen LogP contribution in [0.3, 0.4) is 0 Å². The van der Waals surface area contributed by atoms with E-state index in [1.54, 1.807) is 13.4 Å². The second kappa shape index (κ2) is 6.36. The normalized spacial score (nSPS) is 20.8. The number of rotatable bonds is 6. The van der Waals surface area contributed by atoms with Crippen LogP contribution in [0.2, 0.25) is 0 Å². The Morgan fingerprint density at radius 1 is 1.44 bits per heavy atom. The summed E-state index contributed by atoms with van der Waals surface area (Å²) in [4.78, 5) is 0. The van der Waals surface area contributed by atoms with Crippen LogP contribution in [0.25, 0.3) is 0 Å². The molecule has 0 saturated carbocycles. The summed E-state index contributed by atoms with van der Waals surface area (Å²) in [6, 6.07) is 2.19. The zero-order chi connectivity index (χ0) is 12.8. The molecule has 1 aliphatic heterocycles. The van der Waals surface area contributed by atoms with Gasteiger partial charge >= 0.3 is 0 Å². The fourth-order valence-corrected chi connectivity index (χ4v) is 2.66. The Morgan fingerprint density at radius 2 is 2.22 bits per heavy atom. The van der Waals surface area contributed by atoms with E-state index < -0.39 is 0 Å². The van der Waals surface area contributed by atoms with Gasteiger partial charge in [-0.2, -0.15) is 0 Å². The van der Waals surface area contributed by atoms with Crippen LogP contribution >= 0.6 is 0 Å². The largest absolute Gasteiger partial charge is 0.472 e. The minimum atomic E-state index is -0.183. The molecule has 1 saturated heterocycles. The Balaban J connectivity index is 2.20. The van der Waals surface area contributed by atoms with E-state index in [1.807, 2.05) is 12.3 Å². The van der Waals surface area contributed by atoms with E-state index in [0.29, 0.717) is 0 Å². The maximum atomic E-state index is 5.88. The summed E-state index contributed by atoms with van der Waals surface area (Å²) < 4.78 is 16.6. The minimum Gasteiger partial charge on any atom is -0.472 e. The van der Waals surface area contributed by atoms with Crippen molar-refractivity contribution in [2.75, 3.05) is 26.9 Å². The van der Waals surface area contributed by atoms with Crippen LogP contribution in [0.5, 0.6) is 0 Å². The predicted molar refractivity (Wildman–Crippen MR) is 69.5 cm³/mol. The average Bonchev–Trinajstić information content (AvgIpc) is 2.94. The number of furan rings is 1. The maximum Gasteiger partial charge on any atom is 0.0951 e. The van der Waals surface area contributed by atoms with Crippen molar-refractivity contribution in [2.24, 2.45) is 0 Å². The third-order valence-electron chi connectivity index (χ3n) is 3.75. The van der Waals surface area contributed by atoms with Gasteiger partial charge in [0.2, 0.25) is 0 Å². The molecule has 0 amide bonds. The summed E-state index contributed by atoms with van der Waals surface area (Å²) in [6.45, 7) is 4.66. The van der Waals surface area contributed by atoms with Crippen molar-refractivity contribution in [3.63, 3.8) is 0 Å². The molecule has 0 aromatic carbocycles. The molecular formula is C14H23NO3. The SMILES string of the molecule is CCCNC(c1ccoc1)C1(OC)CCOCC1. The Labute approximate surface area is 109 Å². The van der Waals surface area contributed by atoms with Gasteiger partial charge in [-0.05, 0) is 19.0 Å². The van der Waals surface area contributed by atoms with Crippen molar-refractivity contribution in [3.8, 4) is 0 Å². The van der Waals surface area contributed by atoms with E-state index in [9.17, 15) is 0 Å². The summed E-state index contributed by atoms with van der Waals surface area (Å²) in [5.41, 5.74) is 0.976. The lowest BCUT2D eigenvalue weighted by molar-refractivity contribution is -0.111. The fraction of sp³-hybridized carbons (Fsp3) is 0.714. The highest BCUT2D eigenvalue weighted by atomic mass is 16.5. The minimum absolute atomic E-state index is 0.171. The third-order valence-corrected chi connectivity index (χ3v) is 3.75. The summed E-state index contributed by atoms with van der Waals surface area (Å²) in [5, 5.41) is 3.59. The van der Waals surface area contributed by atoms with Crippen molar-refractivity contribution in [1.29, 1.82) is 0 Å². The molecule has 2 heterocycles. The van der Waals surface area contributed by atoms with E-state index in [-0.39, 0.29) is 11.6 Å². The molecule has 1 aliphatic rings. The first-order valence-corrected chi connectivity index (χ1v) is 6.71. The smallest absolute Gasteiger partial charge is 0.0951 e. The van der Waals surface area contributed by atoms with Crippen molar-refractivity contribution in [2.45, 2.75) is 37.8 Å². The third kappa shape index (κ3) is 2.76. The van der Waals surface area contributed by atoms with Crippen LogP contribution in [0, 0.1) is 0 Å². The van der Waals surface area contributed by atoms with Gasteiger partial charge in [0.25, 0.3) is 0 Å². The van der Waals surface area contributed by atoms with Gasteiger partial charge in [-0.1, -0.05) is 6.92 Å². The molecule has 0 radical (unpaired) electrons. The Bertz CT molecular complexity index is 331. The summed E-state index contributed by atoms with van der Waals surface area (Å²) in [5.74, 6) is 0. The molecule has 1 N–H and O–H groups in total. The van der Waals surface area contributed by atoms with Gasteiger partial charge in [0.05, 0.1) is 24.2 Å². The number of hydrogen-bond acceptors (Lipinski definition) is 4. The van der Waals surface area contributed by atoms with Gasteiger partial charge in [-0.15, -0.1) is 0 Å². The molecule has 1 unspecified atom stereocenters. The van der Waals surface area contributed by atoms with Crippen LogP contribution < -0.4 is 5.32 Å². The van der Waals surface area contributed by atoms with Gasteiger partial charge in [0, 0.05) is 38.7 Å². The molecule has 0 spiro atoms. The quantitative estimate of drug-likeness (QED) is 0.846. The number of methoxy groups -OCH3 is 1. The van der Waals surface area contributed by atoms with E-state index in [1.165, 1.54) is 0 Å². The van der Waals surface area contributed by atoms with Crippen LogP contribution in [0.15, 0.2) is 23.0 Å². The molecule has 1 aromatic heterocycles. The van der Waals surface area contributed by atoms with Gasteiger partial charge < -0.3 is 19.2 Å². The second-order valence-electron chi connectivity index (χ2n) is 4.83. The van der Waals surface area contributed by atoms with Crippen molar-refractivity contribution >= 4 is 0 Å². The number of nitrogens with one attached hydrogen (secondary N) is 1. The molecule has 0 aliphatic carbocycles. The Hall–Kier alpha value is -0.840. The van der Waals surface area contributed by atoms with Crippen molar-refractivity contribution < 1.29 is 13.9 Å². The maximum absolute atomic E-state index is 5.88. The second-order valence-corrected chi connectivity index (χ2v) is 4.83. The molecule has 1 atom stereocenters. The molecule has 102 valence electrons. The van der Waals surface area contributed by atoms with Gasteiger partial charge in [0.1, 0.15) is 0 Å². The summed E-state index contributed by atoms with van der Waals surface area (Å²) in [7, 11) is 1.80. The highest BCUT2D eigenvalue weighted by molar-refractivity contribution is 5.17. The first kappa shape index (κ1) is 13.6. The van der Waals surface area contributed by atoms with E-state index >= 15 is 0 Å². The van der Waals surface area contributed by atoms with Crippen molar-refractivity contribution in [3.05, 3.63) is 24.2 Å². The van der Waals surface area contributed by atoms with Gasteiger partial charge in [-0.3, -0.25) is 0 Å². The lowest BCUT2D eigenvalue weighted by atomic mass is 9.83. The highest BCUT2D eigenvalue weighted by Gasteiger charge is 2.41. The molecule has 4 heteroatoms. The van der Waals surface area contributed by atoms with E-state index in [4.69, 9.17) is 13.9 Å². The topological polar surface area (TPSA) is 43.6 Å². The molecule has 1 aromatic rings. The zero-order valence-corrected chi connectivity index (χ0v) is 11.3. The first-order valence-electron chi connectivity index (χ1n) is 6.71. The Morgan fingerprint density at radius 3 is 2.78 bits per heavy atom. The lowest BCUT2D eigenvalue weighted by Crippen LogP contribution is -2.49. The molecule has 18 heavy (non-hydrogen) atoms. The lowest BCUT2D eigenvalue weighted by Gasteiger charge is -2.42. The van der Waals surface area contributed by atoms with Crippen LogP contribution in [-0.2, 0) is 9.47 Å². The van der Waals surface area contributed by atoms with Crippen LogP contribution in [-0.4, -0.2) is 32.5 Å². The summed E-state index contributed by atoms with van der Waals surface area (Å²) in [6.07, 6.45) is 6.46. The van der Waals surface area contributed by atoms with Gasteiger partial charge in [0.15, 0.2) is 0 Å². The predicted octanol–water partition coefficient (Wildman–Crippen LogP) is 2.52. The highest BCUT2D eigenvalue weighted by Crippen LogP contribution is 2.37. The van der Waals surface area contributed by atoms with E-state index in [2.05, 4.69) is 12.2 Å². The molecule has 0 bridgehead atoms. The Kier molecular flexibility index (Phi) is 4.80. The molecule has 4 nitrogen and oxygen atoms in total. The fourth-order valence-electron chi connectivity index (χ4n) is 2.66.